The zero-order valence-electron chi connectivity index (χ0n) is 15.1. The van der Waals surface area contributed by atoms with Gasteiger partial charge in [0.05, 0.1) is 18.2 Å². The molecule has 1 fully saturated rings. The normalized spacial score (nSPS) is 18.3. The van der Waals surface area contributed by atoms with Crippen molar-refractivity contribution in [1.29, 1.82) is 0 Å². The van der Waals surface area contributed by atoms with Crippen molar-refractivity contribution >= 4 is 35.9 Å². The maximum atomic E-state index is 12.2. The molecule has 7 nitrogen and oxygen atoms in total. The van der Waals surface area contributed by atoms with Gasteiger partial charge in [0.25, 0.3) is 0 Å². The van der Waals surface area contributed by atoms with E-state index in [4.69, 9.17) is 4.74 Å². The Kier molecular flexibility index (Phi) is 7.50. The first-order valence-electron chi connectivity index (χ1n) is 7.95. The van der Waals surface area contributed by atoms with Crippen molar-refractivity contribution < 1.29 is 9.53 Å². The van der Waals surface area contributed by atoms with E-state index in [-0.39, 0.29) is 35.9 Å². The second kappa shape index (κ2) is 8.68. The average Bonchev–Trinajstić information content (AvgIpc) is 3.08. The van der Waals surface area contributed by atoms with E-state index >= 15 is 0 Å². The van der Waals surface area contributed by atoms with Gasteiger partial charge in [0.1, 0.15) is 5.60 Å². The van der Waals surface area contributed by atoms with Gasteiger partial charge in [-0.3, -0.25) is 14.5 Å². The van der Waals surface area contributed by atoms with Crippen LogP contribution in [-0.2, 0) is 23.1 Å². The molecule has 1 saturated heterocycles. The Labute approximate surface area is 160 Å². The fraction of sp³-hybridized carbons (Fsp3) is 0.688. The number of aryl methyl sites for hydroxylation is 1. The lowest BCUT2D eigenvalue weighted by Crippen LogP contribution is -2.40. The topological polar surface area (TPSA) is 71.8 Å². The molecule has 1 aliphatic rings. The molecule has 1 atom stereocenters. The molecular formula is C16H28IN5O2. The Morgan fingerprint density at radius 3 is 2.75 bits per heavy atom. The maximum absolute atomic E-state index is 12.2. The number of halogens is 1. The van der Waals surface area contributed by atoms with Crippen LogP contribution in [0.1, 0.15) is 32.9 Å². The Hall–Kier alpha value is -1.32. The molecule has 1 aromatic heterocycles. The van der Waals surface area contributed by atoms with E-state index < -0.39 is 5.60 Å². The van der Waals surface area contributed by atoms with E-state index in [9.17, 15) is 4.79 Å². The van der Waals surface area contributed by atoms with Gasteiger partial charge in [-0.15, -0.1) is 24.0 Å². The van der Waals surface area contributed by atoms with Crippen LogP contribution in [0, 0.1) is 5.92 Å². The number of aromatic nitrogens is 2. The van der Waals surface area contributed by atoms with Crippen LogP contribution >= 0.6 is 24.0 Å². The minimum Gasteiger partial charge on any atom is -0.460 e. The molecule has 2 rings (SSSR count). The summed E-state index contributed by atoms with van der Waals surface area (Å²) >= 11 is 0. The van der Waals surface area contributed by atoms with Gasteiger partial charge in [0.15, 0.2) is 5.96 Å². The lowest BCUT2D eigenvalue weighted by molar-refractivity contribution is -0.159. The number of hydrogen-bond donors (Lipinski definition) is 1. The molecule has 0 aliphatic carbocycles. The van der Waals surface area contributed by atoms with Crippen LogP contribution in [0.3, 0.4) is 0 Å². The smallest absolute Gasteiger partial charge is 0.311 e. The van der Waals surface area contributed by atoms with Crippen molar-refractivity contribution in [2.45, 2.75) is 39.3 Å². The largest absolute Gasteiger partial charge is 0.460 e. The number of nitrogens with one attached hydrogen (secondary N) is 1. The summed E-state index contributed by atoms with van der Waals surface area (Å²) in [5.41, 5.74) is 0.637. The molecule has 0 bridgehead atoms. The predicted molar refractivity (Wildman–Crippen MR) is 104 cm³/mol. The summed E-state index contributed by atoms with van der Waals surface area (Å²) in [5, 5.41) is 7.47. The van der Waals surface area contributed by atoms with E-state index in [1.807, 2.05) is 38.6 Å². The number of carbonyl (C=O) groups is 1. The van der Waals surface area contributed by atoms with E-state index in [0.717, 1.165) is 24.6 Å². The van der Waals surface area contributed by atoms with Crippen LogP contribution in [0.5, 0.6) is 0 Å². The summed E-state index contributed by atoms with van der Waals surface area (Å²) in [7, 11) is 3.67. The number of ether oxygens (including phenoxy) is 1. The summed E-state index contributed by atoms with van der Waals surface area (Å²) in [5.74, 6) is 0.587. The number of likely N-dealkylation sites (tertiary alicyclic amines) is 1. The van der Waals surface area contributed by atoms with Crippen LogP contribution < -0.4 is 5.32 Å². The summed E-state index contributed by atoms with van der Waals surface area (Å²) in [6, 6.07) is 1.97. The third kappa shape index (κ3) is 5.64. The van der Waals surface area contributed by atoms with Crippen LogP contribution in [-0.4, -0.2) is 52.3 Å². The number of hydrogen-bond acceptors (Lipinski definition) is 4. The molecular weight excluding hydrogens is 421 g/mol. The molecule has 1 aromatic rings. The Morgan fingerprint density at radius 2 is 2.21 bits per heavy atom. The second-order valence-corrected chi connectivity index (χ2v) is 6.81. The molecule has 0 saturated carbocycles. The first kappa shape index (κ1) is 20.7. The highest BCUT2D eigenvalue weighted by atomic mass is 127. The molecule has 24 heavy (non-hydrogen) atoms. The summed E-state index contributed by atoms with van der Waals surface area (Å²) in [6.07, 6.45) is 2.56. The molecule has 0 spiro atoms. The van der Waals surface area contributed by atoms with Crippen LogP contribution in [0.15, 0.2) is 17.3 Å². The van der Waals surface area contributed by atoms with Crippen molar-refractivity contribution in [1.82, 2.24) is 20.0 Å². The number of guanidine groups is 1. The van der Waals surface area contributed by atoms with Crippen LogP contribution in [0.25, 0.3) is 0 Å². The fourth-order valence-corrected chi connectivity index (χ4v) is 2.61. The summed E-state index contributed by atoms with van der Waals surface area (Å²) in [6.45, 7) is 7.77. The van der Waals surface area contributed by atoms with Gasteiger partial charge < -0.3 is 15.0 Å². The van der Waals surface area contributed by atoms with Crippen molar-refractivity contribution in [3.8, 4) is 0 Å². The fourth-order valence-electron chi connectivity index (χ4n) is 2.61. The third-order valence-corrected chi connectivity index (χ3v) is 3.79. The van der Waals surface area contributed by atoms with Crippen molar-refractivity contribution in [3.05, 3.63) is 18.0 Å². The van der Waals surface area contributed by atoms with E-state index in [0.29, 0.717) is 13.1 Å². The Bertz CT molecular complexity index is 579. The number of nitrogens with zero attached hydrogens (tertiary/aromatic N) is 4. The molecule has 0 aromatic carbocycles. The number of carbonyl (C=O) groups excluding carboxylic acids is 1. The summed E-state index contributed by atoms with van der Waals surface area (Å²) < 4.78 is 7.31. The van der Waals surface area contributed by atoms with Crippen LogP contribution in [0.4, 0.5) is 0 Å². The monoisotopic (exact) mass is 449 g/mol. The second-order valence-electron chi connectivity index (χ2n) is 6.81. The van der Waals surface area contributed by atoms with E-state index in [1.54, 1.807) is 13.2 Å². The average molecular weight is 449 g/mol. The van der Waals surface area contributed by atoms with Gasteiger partial charge in [-0.2, -0.15) is 5.10 Å². The molecule has 0 amide bonds. The van der Waals surface area contributed by atoms with Gasteiger partial charge in [0, 0.05) is 33.4 Å². The molecule has 1 N–H and O–H groups in total. The zero-order valence-corrected chi connectivity index (χ0v) is 17.4. The van der Waals surface area contributed by atoms with Gasteiger partial charge >= 0.3 is 5.97 Å². The van der Waals surface area contributed by atoms with E-state index in [2.05, 4.69) is 20.3 Å². The van der Waals surface area contributed by atoms with E-state index in [1.165, 1.54) is 0 Å². The SMILES string of the molecule is CN=C(NCc1ccnn1C)N1CCC(C(=O)OC(C)(C)C)C1.I. The van der Waals surface area contributed by atoms with Crippen molar-refractivity contribution in [2.75, 3.05) is 20.1 Å². The number of aliphatic imine (C=N–C) groups is 1. The first-order chi connectivity index (χ1) is 10.8. The molecule has 8 heteroatoms. The molecule has 1 aliphatic heterocycles. The van der Waals surface area contributed by atoms with Crippen molar-refractivity contribution in [2.24, 2.45) is 18.0 Å². The van der Waals surface area contributed by atoms with Gasteiger partial charge in [-0.25, -0.2) is 0 Å². The number of rotatable bonds is 3. The maximum Gasteiger partial charge on any atom is 0.311 e. The molecule has 1 unspecified atom stereocenters. The summed E-state index contributed by atoms with van der Waals surface area (Å²) in [4.78, 5) is 18.6. The van der Waals surface area contributed by atoms with Gasteiger partial charge in [-0.1, -0.05) is 0 Å². The molecule has 2 heterocycles. The quantitative estimate of drug-likeness (QED) is 0.330. The third-order valence-electron chi connectivity index (χ3n) is 3.79. The van der Waals surface area contributed by atoms with Gasteiger partial charge in [0.2, 0.25) is 0 Å². The highest BCUT2D eigenvalue weighted by Gasteiger charge is 2.33. The highest BCUT2D eigenvalue weighted by Crippen LogP contribution is 2.20. The Balaban J connectivity index is 0.00000288. The van der Waals surface area contributed by atoms with Crippen LogP contribution in [0.2, 0.25) is 0 Å². The van der Waals surface area contributed by atoms with Crippen molar-refractivity contribution in [3.63, 3.8) is 0 Å². The zero-order chi connectivity index (χ0) is 17.0. The number of esters is 1. The predicted octanol–water partition coefficient (Wildman–Crippen LogP) is 1.78. The Morgan fingerprint density at radius 1 is 1.50 bits per heavy atom. The lowest BCUT2D eigenvalue weighted by atomic mass is 10.1. The highest BCUT2D eigenvalue weighted by molar-refractivity contribution is 14.0. The lowest BCUT2D eigenvalue weighted by Gasteiger charge is -2.23. The minimum atomic E-state index is -0.441. The minimum absolute atomic E-state index is 0. The van der Waals surface area contributed by atoms with Gasteiger partial charge in [-0.05, 0) is 33.3 Å². The first-order valence-corrected chi connectivity index (χ1v) is 7.95. The molecule has 0 radical (unpaired) electrons. The standard InChI is InChI=1S/C16H27N5O2.HI/c1-16(2,3)23-14(22)12-7-9-21(11-12)15(17-4)18-10-13-6-8-19-20(13)5;/h6,8,12H,7,9-11H2,1-5H3,(H,17,18);1H. The molecule has 136 valence electrons.